The van der Waals surface area contributed by atoms with E-state index in [9.17, 15) is 0 Å². The maximum Gasteiger partial charge on any atom is 0.193 e. The van der Waals surface area contributed by atoms with Crippen LogP contribution in [-0.4, -0.2) is 12.5 Å². The van der Waals surface area contributed by atoms with Gasteiger partial charge in [0.1, 0.15) is 0 Å². The van der Waals surface area contributed by atoms with E-state index in [1.807, 2.05) is 25.1 Å². The van der Waals surface area contributed by atoms with Crippen LogP contribution in [0.4, 0.5) is 5.69 Å². The van der Waals surface area contributed by atoms with Crippen molar-refractivity contribution < 1.29 is 0 Å². The number of nitrogens with zero attached hydrogens (tertiary/aromatic N) is 1. The van der Waals surface area contributed by atoms with E-state index in [0.29, 0.717) is 5.96 Å². The quantitative estimate of drug-likeness (QED) is 0.655. The van der Waals surface area contributed by atoms with Gasteiger partial charge in [-0.05, 0) is 31.0 Å². The van der Waals surface area contributed by atoms with E-state index in [4.69, 9.17) is 5.73 Å². The zero-order valence-electron chi connectivity index (χ0n) is 9.05. The minimum Gasteiger partial charge on any atom is -0.370 e. The molecular formula is C11H16BrN3. The molecule has 0 aliphatic carbocycles. The summed E-state index contributed by atoms with van der Waals surface area (Å²) in [7, 11) is 0. The molecule has 0 amide bonds. The van der Waals surface area contributed by atoms with Gasteiger partial charge in [-0.1, -0.05) is 28.9 Å². The Morgan fingerprint density at radius 1 is 1.53 bits per heavy atom. The van der Waals surface area contributed by atoms with E-state index in [0.717, 1.165) is 28.7 Å². The van der Waals surface area contributed by atoms with Crippen molar-refractivity contribution in [2.45, 2.75) is 20.3 Å². The van der Waals surface area contributed by atoms with Crippen molar-refractivity contribution in [1.29, 1.82) is 0 Å². The molecule has 15 heavy (non-hydrogen) atoms. The number of anilines is 1. The number of halogens is 1. The van der Waals surface area contributed by atoms with Crippen molar-refractivity contribution in [2.24, 2.45) is 10.7 Å². The highest BCUT2D eigenvalue weighted by Gasteiger charge is 1.99. The van der Waals surface area contributed by atoms with Crippen LogP contribution in [0.3, 0.4) is 0 Å². The maximum atomic E-state index is 5.73. The molecule has 0 unspecified atom stereocenters. The molecular weight excluding hydrogens is 254 g/mol. The summed E-state index contributed by atoms with van der Waals surface area (Å²) in [6.45, 7) is 4.86. The molecule has 0 fully saturated rings. The molecule has 0 saturated carbocycles. The number of guanidine groups is 1. The predicted molar refractivity (Wildman–Crippen MR) is 69.3 cm³/mol. The number of benzene rings is 1. The summed E-state index contributed by atoms with van der Waals surface area (Å²) < 4.78 is 1.03. The Balaban J connectivity index is 2.75. The minimum absolute atomic E-state index is 0.470. The van der Waals surface area contributed by atoms with Crippen LogP contribution in [0.15, 0.2) is 27.7 Å². The highest BCUT2D eigenvalue weighted by atomic mass is 79.9. The zero-order chi connectivity index (χ0) is 11.3. The molecule has 82 valence electrons. The minimum atomic E-state index is 0.470. The van der Waals surface area contributed by atoms with Gasteiger partial charge >= 0.3 is 0 Å². The molecule has 0 aromatic heterocycles. The molecule has 0 bridgehead atoms. The van der Waals surface area contributed by atoms with E-state index in [-0.39, 0.29) is 0 Å². The monoisotopic (exact) mass is 269 g/mol. The third-order valence-electron chi connectivity index (χ3n) is 1.97. The van der Waals surface area contributed by atoms with Crippen molar-refractivity contribution in [3.05, 3.63) is 28.2 Å². The fraction of sp³-hybridized carbons (Fsp3) is 0.364. The number of hydrogen-bond donors (Lipinski definition) is 2. The van der Waals surface area contributed by atoms with Crippen molar-refractivity contribution in [3.8, 4) is 0 Å². The van der Waals surface area contributed by atoms with E-state index < -0.39 is 0 Å². The Labute approximate surface area is 98.9 Å². The van der Waals surface area contributed by atoms with Gasteiger partial charge in [-0.3, -0.25) is 4.99 Å². The highest BCUT2D eigenvalue weighted by molar-refractivity contribution is 9.10. The van der Waals surface area contributed by atoms with Gasteiger partial charge in [0.05, 0.1) is 0 Å². The summed E-state index contributed by atoms with van der Waals surface area (Å²) in [6, 6.07) is 6.02. The fourth-order valence-corrected chi connectivity index (χ4v) is 1.50. The molecule has 0 atom stereocenters. The molecule has 0 saturated heterocycles. The second-order valence-corrected chi connectivity index (χ2v) is 4.27. The van der Waals surface area contributed by atoms with Gasteiger partial charge < -0.3 is 11.1 Å². The Morgan fingerprint density at radius 2 is 2.27 bits per heavy atom. The summed E-state index contributed by atoms with van der Waals surface area (Å²) in [5.74, 6) is 0.470. The Bertz CT molecular complexity index is 361. The van der Waals surface area contributed by atoms with Crippen molar-refractivity contribution >= 4 is 27.6 Å². The zero-order valence-corrected chi connectivity index (χ0v) is 10.6. The third kappa shape index (κ3) is 3.91. The van der Waals surface area contributed by atoms with Crippen molar-refractivity contribution in [1.82, 2.24) is 0 Å². The fourth-order valence-electron chi connectivity index (χ4n) is 1.14. The van der Waals surface area contributed by atoms with Crippen LogP contribution in [0.25, 0.3) is 0 Å². The first-order valence-electron chi connectivity index (χ1n) is 4.96. The second-order valence-electron chi connectivity index (χ2n) is 3.35. The van der Waals surface area contributed by atoms with Gasteiger partial charge in [0.15, 0.2) is 5.96 Å². The molecule has 1 rings (SSSR count). The van der Waals surface area contributed by atoms with Gasteiger partial charge in [0.2, 0.25) is 0 Å². The molecule has 0 spiro atoms. The van der Waals surface area contributed by atoms with Crippen LogP contribution in [0.5, 0.6) is 0 Å². The standard InChI is InChI=1S/C11H16BrN3/c1-3-6-14-11(13)15-10-7-9(12)5-4-8(10)2/h4-5,7H,3,6H2,1-2H3,(H3,13,14,15). The number of aliphatic imine (C=N–C) groups is 1. The smallest absolute Gasteiger partial charge is 0.193 e. The van der Waals surface area contributed by atoms with Crippen molar-refractivity contribution in [3.63, 3.8) is 0 Å². The molecule has 0 heterocycles. The molecule has 4 heteroatoms. The lowest BCUT2D eigenvalue weighted by Crippen LogP contribution is -2.23. The number of rotatable bonds is 3. The van der Waals surface area contributed by atoms with Gasteiger partial charge in [-0.2, -0.15) is 0 Å². The normalized spacial score (nSPS) is 11.5. The molecule has 3 N–H and O–H groups in total. The van der Waals surface area contributed by atoms with Crippen LogP contribution in [-0.2, 0) is 0 Å². The summed E-state index contributed by atoms with van der Waals surface area (Å²) in [6.07, 6.45) is 1.000. The van der Waals surface area contributed by atoms with Gasteiger partial charge in [-0.25, -0.2) is 0 Å². The third-order valence-corrected chi connectivity index (χ3v) is 2.46. The van der Waals surface area contributed by atoms with Crippen LogP contribution < -0.4 is 11.1 Å². The Kier molecular flexibility index (Phi) is 4.62. The summed E-state index contributed by atoms with van der Waals surface area (Å²) in [5, 5.41) is 3.08. The summed E-state index contributed by atoms with van der Waals surface area (Å²) in [4.78, 5) is 4.18. The van der Waals surface area contributed by atoms with Crippen LogP contribution in [0.1, 0.15) is 18.9 Å². The topological polar surface area (TPSA) is 50.4 Å². The lowest BCUT2D eigenvalue weighted by molar-refractivity contribution is 0.929. The molecule has 1 aromatic rings. The average Bonchev–Trinajstić information content (AvgIpc) is 2.20. The molecule has 0 aliphatic rings. The first kappa shape index (κ1) is 12.0. The number of aryl methyl sites for hydroxylation is 1. The predicted octanol–water partition coefficient (Wildman–Crippen LogP) is 2.89. The maximum absolute atomic E-state index is 5.73. The number of hydrogen-bond acceptors (Lipinski definition) is 1. The second kappa shape index (κ2) is 5.75. The molecule has 0 aliphatic heterocycles. The first-order chi connectivity index (χ1) is 7.13. The number of nitrogens with one attached hydrogen (secondary N) is 1. The average molecular weight is 270 g/mol. The lowest BCUT2D eigenvalue weighted by Gasteiger charge is -2.09. The lowest BCUT2D eigenvalue weighted by atomic mass is 10.2. The van der Waals surface area contributed by atoms with E-state index in [2.05, 4.69) is 33.2 Å². The summed E-state index contributed by atoms with van der Waals surface area (Å²) >= 11 is 3.42. The Morgan fingerprint density at radius 3 is 2.93 bits per heavy atom. The van der Waals surface area contributed by atoms with Crippen LogP contribution in [0.2, 0.25) is 0 Å². The van der Waals surface area contributed by atoms with E-state index in [1.54, 1.807) is 0 Å². The van der Waals surface area contributed by atoms with E-state index in [1.165, 1.54) is 0 Å². The summed E-state index contributed by atoms with van der Waals surface area (Å²) in [5.41, 5.74) is 7.87. The highest BCUT2D eigenvalue weighted by Crippen LogP contribution is 2.20. The largest absolute Gasteiger partial charge is 0.370 e. The first-order valence-corrected chi connectivity index (χ1v) is 5.76. The van der Waals surface area contributed by atoms with Gasteiger partial charge in [0, 0.05) is 16.7 Å². The van der Waals surface area contributed by atoms with E-state index >= 15 is 0 Å². The van der Waals surface area contributed by atoms with Crippen molar-refractivity contribution in [2.75, 3.05) is 11.9 Å². The van der Waals surface area contributed by atoms with Crippen LogP contribution in [0, 0.1) is 6.92 Å². The Hall–Kier alpha value is -1.03. The molecule has 3 nitrogen and oxygen atoms in total. The van der Waals surface area contributed by atoms with Gasteiger partial charge in [-0.15, -0.1) is 0 Å². The molecule has 1 aromatic carbocycles. The SMILES string of the molecule is CCCN=C(N)Nc1cc(Br)ccc1C. The van der Waals surface area contributed by atoms with Gasteiger partial charge in [0.25, 0.3) is 0 Å². The molecule has 0 radical (unpaired) electrons. The number of nitrogens with two attached hydrogens (primary N) is 1. The van der Waals surface area contributed by atoms with Crippen LogP contribution >= 0.6 is 15.9 Å².